The number of fused-ring (bicyclic) bond motifs is 5. The van der Waals surface area contributed by atoms with Crippen molar-refractivity contribution in [2.24, 2.45) is 0 Å². The molecule has 7 rings (SSSR count). The van der Waals surface area contributed by atoms with E-state index in [1.54, 1.807) is 10.9 Å². The Bertz CT molecular complexity index is 1570. The van der Waals surface area contributed by atoms with Crippen LogP contribution < -0.4 is 4.74 Å². The SMILES string of the molecule is O=C(O)Oc1ccc2c(C3CCCCC3)c3n(c2c1)C=C(c1nnn(CC2CCCO2)n1)Cc1ccccc1-3. The highest BCUT2D eigenvalue weighted by molar-refractivity contribution is 5.98. The number of benzene rings is 2. The van der Waals surface area contributed by atoms with Gasteiger partial charge in [-0.1, -0.05) is 43.5 Å². The van der Waals surface area contributed by atoms with Gasteiger partial charge in [-0.2, -0.15) is 4.80 Å². The minimum absolute atomic E-state index is 0.126. The lowest BCUT2D eigenvalue weighted by atomic mass is 9.81. The van der Waals surface area contributed by atoms with Crippen molar-refractivity contribution in [3.8, 4) is 17.0 Å². The van der Waals surface area contributed by atoms with Crippen LogP contribution in [0.25, 0.3) is 33.9 Å². The molecule has 1 saturated heterocycles. The Kier molecular flexibility index (Phi) is 6.15. The predicted molar refractivity (Wildman–Crippen MR) is 147 cm³/mol. The first-order valence-electron chi connectivity index (χ1n) is 13.9. The number of allylic oxidation sites excluding steroid dienone is 1. The van der Waals surface area contributed by atoms with Crippen LogP contribution in [0.4, 0.5) is 4.79 Å². The van der Waals surface area contributed by atoms with Crippen LogP contribution in [-0.2, 0) is 17.7 Å². The summed E-state index contributed by atoms with van der Waals surface area (Å²) in [6, 6.07) is 14.2. The van der Waals surface area contributed by atoms with Crippen molar-refractivity contribution in [1.82, 2.24) is 24.8 Å². The van der Waals surface area contributed by atoms with Gasteiger partial charge in [0.15, 0.2) is 0 Å². The predicted octanol–water partition coefficient (Wildman–Crippen LogP) is 6.13. The van der Waals surface area contributed by atoms with Crippen LogP contribution in [0.2, 0.25) is 0 Å². The second-order valence-corrected chi connectivity index (χ2v) is 10.8. The lowest BCUT2D eigenvalue weighted by Gasteiger charge is -2.23. The van der Waals surface area contributed by atoms with Gasteiger partial charge < -0.3 is 19.1 Å². The van der Waals surface area contributed by atoms with Crippen molar-refractivity contribution < 1.29 is 19.4 Å². The molecule has 3 aliphatic rings. The van der Waals surface area contributed by atoms with E-state index in [0.29, 0.717) is 30.5 Å². The molecule has 1 saturated carbocycles. The number of tetrazole rings is 1. The molecule has 0 spiro atoms. The minimum atomic E-state index is -1.32. The quantitative estimate of drug-likeness (QED) is 0.247. The smallest absolute Gasteiger partial charge is 0.449 e. The minimum Gasteiger partial charge on any atom is -0.449 e. The summed E-state index contributed by atoms with van der Waals surface area (Å²) < 4.78 is 13.1. The summed E-state index contributed by atoms with van der Waals surface area (Å²) in [6.07, 6.45) is 9.67. The highest BCUT2D eigenvalue weighted by Crippen LogP contribution is 2.47. The first kappa shape index (κ1) is 24.1. The van der Waals surface area contributed by atoms with Gasteiger partial charge in [-0.15, -0.1) is 10.2 Å². The summed E-state index contributed by atoms with van der Waals surface area (Å²) >= 11 is 0. The molecule has 9 nitrogen and oxygen atoms in total. The maximum Gasteiger partial charge on any atom is 0.511 e. The molecule has 0 amide bonds. The van der Waals surface area contributed by atoms with E-state index in [1.165, 1.54) is 41.6 Å². The highest BCUT2D eigenvalue weighted by atomic mass is 16.7. The van der Waals surface area contributed by atoms with E-state index in [1.807, 2.05) is 12.1 Å². The standard InChI is InChI=1S/C30H31N5O4/c36-30(37)39-22-12-13-25-26(16-22)34-17-21(29-31-33-35(32-29)18-23-10-6-14-38-23)15-20-9-4-5-11-24(20)28(34)27(25)19-7-2-1-3-8-19/h4-5,9,11-13,16-17,19,23H,1-3,6-8,10,14-15,18H2,(H,36,37). The van der Waals surface area contributed by atoms with Gasteiger partial charge >= 0.3 is 6.16 Å². The van der Waals surface area contributed by atoms with E-state index in [2.05, 4.69) is 45.3 Å². The molecule has 1 N–H and O–H groups in total. The lowest BCUT2D eigenvalue weighted by molar-refractivity contribution is 0.0897. The maximum atomic E-state index is 11.4. The summed E-state index contributed by atoms with van der Waals surface area (Å²) in [5.74, 6) is 1.34. The zero-order chi connectivity index (χ0) is 26.3. The fourth-order valence-electron chi connectivity index (χ4n) is 6.56. The van der Waals surface area contributed by atoms with Crippen LogP contribution >= 0.6 is 0 Å². The van der Waals surface area contributed by atoms with Gasteiger partial charge in [0, 0.05) is 41.8 Å². The molecule has 1 atom stereocenters. The summed E-state index contributed by atoms with van der Waals surface area (Å²) in [5, 5.41) is 24.0. The number of hydrogen-bond donors (Lipinski definition) is 1. The third-order valence-corrected chi connectivity index (χ3v) is 8.30. The van der Waals surface area contributed by atoms with Gasteiger partial charge in [0.05, 0.1) is 23.9 Å². The third kappa shape index (κ3) is 4.50. The van der Waals surface area contributed by atoms with Gasteiger partial charge in [-0.3, -0.25) is 0 Å². The van der Waals surface area contributed by atoms with E-state index in [0.717, 1.165) is 48.8 Å². The topological polar surface area (TPSA) is 104 Å². The molecule has 39 heavy (non-hydrogen) atoms. The molecule has 9 heteroatoms. The van der Waals surface area contributed by atoms with Gasteiger partial charge in [-0.25, -0.2) is 4.79 Å². The van der Waals surface area contributed by atoms with E-state index in [-0.39, 0.29) is 6.10 Å². The molecule has 2 aliphatic heterocycles. The van der Waals surface area contributed by atoms with E-state index >= 15 is 0 Å². The Morgan fingerprint density at radius 1 is 1.08 bits per heavy atom. The molecule has 2 aromatic heterocycles. The Hall–Kier alpha value is -3.98. The van der Waals surface area contributed by atoms with E-state index in [9.17, 15) is 9.90 Å². The Balaban J connectivity index is 1.42. The summed E-state index contributed by atoms with van der Waals surface area (Å²) in [6.45, 7) is 1.38. The van der Waals surface area contributed by atoms with Crippen molar-refractivity contribution in [2.45, 2.75) is 69.9 Å². The number of carbonyl (C=O) groups is 1. The lowest BCUT2D eigenvalue weighted by Crippen LogP contribution is -2.17. The highest BCUT2D eigenvalue weighted by Gasteiger charge is 2.30. The number of nitrogens with zero attached hydrogens (tertiary/aromatic N) is 5. The molecule has 0 radical (unpaired) electrons. The van der Waals surface area contributed by atoms with Crippen LogP contribution in [-0.4, -0.2) is 48.7 Å². The van der Waals surface area contributed by atoms with Crippen LogP contribution in [0, 0.1) is 0 Å². The monoisotopic (exact) mass is 525 g/mol. The van der Waals surface area contributed by atoms with Gasteiger partial charge in [0.25, 0.3) is 0 Å². The second kappa shape index (κ2) is 9.96. The fraction of sp³-hybridized carbons (Fsp3) is 0.400. The maximum absolute atomic E-state index is 11.4. The van der Waals surface area contributed by atoms with Crippen LogP contribution in [0.1, 0.15) is 67.8 Å². The Labute approximate surface area is 226 Å². The van der Waals surface area contributed by atoms with E-state index in [4.69, 9.17) is 14.6 Å². The zero-order valence-electron chi connectivity index (χ0n) is 21.8. The Morgan fingerprint density at radius 3 is 2.77 bits per heavy atom. The molecule has 200 valence electrons. The molecule has 4 heterocycles. The zero-order valence-corrected chi connectivity index (χ0v) is 21.8. The first-order valence-corrected chi connectivity index (χ1v) is 13.9. The van der Waals surface area contributed by atoms with Crippen LogP contribution in [0.5, 0.6) is 5.75 Å². The molecule has 2 fully saturated rings. The van der Waals surface area contributed by atoms with Crippen molar-refractivity contribution in [1.29, 1.82) is 0 Å². The van der Waals surface area contributed by atoms with Gasteiger partial charge in [-0.05, 0) is 60.1 Å². The van der Waals surface area contributed by atoms with Crippen molar-refractivity contribution in [2.75, 3.05) is 6.61 Å². The average molecular weight is 526 g/mol. The number of aromatic nitrogens is 5. The summed E-state index contributed by atoms with van der Waals surface area (Å²) in [5.41, 5.74) is 6.78. The molecular formula is C30H31N5O4. The molecule has 1 aliphatic carbocycles. The summed E-state index contributed by atoms with van der Waals surface area (Å²) in [7, 11) is 0. The normalized spacial score (nSPS) is 19.4. The number of ether oxygens (including phenoxy) is 2. The van der Waals surface area contributed by atoms with Crippen molar-refractivity contribution in [3.63, 3.8) is 0 Å². The summed E-state index contributed by atoms with van der Waals surface area (Å²) in [4.78, 5) is 13.0. The van der Waals surface area contributed by atoms with Crippen molar-refractivity contribution in [3.05, 3.63) is 59.4 Å². The van der Waals surface area contributed by atoms with Crippen LogP contribution in [0.15, 0.2) is 42.5 Å². The number of rotatable bonds is 5. The average Bonchev–Trinajstić information content (AvgIpc) is 3.67. The van der Waals surface area contributed by atoms with Gasteiger partial charge in [0.2, 0.25) is 5.82 Å². The fourth-order valence-corrected chi connectivity index (χ4v) is 6.56. The first-order chi connectivity index (χ1) is 19.1. The Morgan fingerprint density at radius 2 is 1.95 bits per heavy atom. The number of carboxylic acid groups (broad SMARTS) is 1. The largest absolute Gasteiger partial charge is 0.511 e. The second-order valence-electron chi connectivity index (χ2n) is 10.8. The van der Waals surface area contributed by atoms with E-state index < -0.39 is 6.16 Å². The number of hydrogen-bond acceptors (Lipinski definition) is 6. The van der Waals surface area contributed by atoms with Gasteiger partial charge in [0.1, 0.15) is 5.75 Å². The molecule has 4 aromatic rings. The van der Waals surface area contributed by atoms with Crippen LogP contribution in [0.3, 0.4) is 0 Å². The third-order valence-electron chi connectivity index (χ3n) is 8.30. The molecule has 2 aromatic carbocycles. The van der Waals surface area contributed by atoms with Crippen molar-refractivity contribution >= 4 is 28.8 Å². The molecule has 1 unspecified atom stereocenters. The molecule has 0 bridgehead atoms. The molecular weight excluding hydrogens is 494 g/mol.